The van der Waals surface area contributed by atoms with Gasteiger partial charge in [0.2, 0.25) is 0 Å². The Morgan fingerprint density at radius 1 is 1.05 bits per heavy atom. The van der Waals surface area contributed by atoms with Crippen LogP contribution in [0.25, 0.3) is 0 Å². The number of rotatable bonds is 3. The van der Waals surface area contributed by atoms with Crippen LogP contribution >= 0.6 is 0 Å². The van der Waals surface area contributed by atoms with E-state index >= 15 is 0 Å². The Bertz CT molecular complexity index is 513. The molecule has 1 fully saturated rings. The lowest BCUT2D eigenvalue weighted by Gasteiger charge is -2.31. The fourth-order valence-corrected chi connectivity index (χ4v) is 3.50. The minimum absolute atomic E-state index is 0.0478. The first-order valence-corrected chi connectivity index (χ1v) is 7.58. The van der Waals surface area contributed by atoms with E-state index in [-0.39, 0.29) is 11.0 Å². The quantitative estimate of drug-likeness (QED) is 0.928. The number of nitrogens with two attached hydrogens (primary N) is 1. The summed E-state index contributed by atoms with van der Waals surface area (Å²) in [6, 6.07) is 3.21. The first-order chi connectivity index (χ1) is 10.2. The number of halogens is 2. The van der Waals surface area contributed by atoms with Crippen molar-refractivity contribution >= 4 is 0 Å². The molecule has 1 heterocycles. The number of ether oxygens (including phenoxy) is 2. The Morgan fingerprint density at radius 3 is 2.24 bits per heavy atom. The van der Waals surface area contributed by atoms with Gasteiger partial charge in [-0.3, -0.25) is 0 Å². The molecule has 0 amide bonds. The molecule has 21 heavy (non-hydrogen) atoms. The van der Waals surface area contributed by atoms with Crippen molar-refractivity contribution in [2.45, 2.75) is 43.9 Å². The topological polar surface area (TPSA) is 44.5 Å². The van der Waals surface area contributed by atoms with Gasteiger partial charge in [0.05, 0.1) is 13.2 Å². The van der Waals surface area contributed by atoms with Crippen LogP contribution in [0.4, 0.5) is 8.78 Å². The number of fused-ring (bicyclic) bond motifs is 1. The zero-order chi connectivity index (χ0) is 14.9. The standard InChI is InChI=1S/C16H21F2NO2/c17-15(18)11-8-13-14(21-7-3-6-20-13)9-12(11)16(10-19)4-1-2-5-16/h8-9,15H,1-7,10,19H2. The summed E-state index contributed by atoms with van der Waals surface area (Å²) >= 11 is 0. The fourth-order valence-electron chi connectivity index (χ4n) is 3.50. The van der Waals surface area contributed by atoms with Crippen molar-refractivity contribution in [3.05, 3.63) is 23.3 Å². The summed E-state index contributed by atoms with van der Waals surface area (Å²) < 4.78 is 38.2. The molecule has 2 aliphatic rings. The number of benzene rings is 1. The summed E-state index contributed by atoms with van der Waals surface area (Å²) in [5, 5.41) is 0. The van der Waals surface area contributed by atoms with Gasteiger partial charge in [-0.1, -0.05) is 12.8 Å². The Morgan fingerprint density at radius 2 is 1.67 bits per heavy atom. The van der Waals surface area contributed by atoms with Gasteiger partial charge >= 0.3 is 0 Å². The highest BCUT2D eigenvalue weighted by atomic mass is 19.3. The third-order valence-corrected chi connectivity index (χ3v) is 4.68. The zero-order valence-corrected chi connectivity index (χ0v) is 12.0. The van der Waals surface area contributed by atoms with E-state index in [1.807, 2.05) is 0 Å². The molecule has 5 heteroatoms. The summed E-state index contributed by atoms with van der Waals surface area (Å²) in [6.45, 7) is 1.44. The van der Waals surface area contributed by atoms with Gasteiger partial charge in [-0.25, -0.2) is 8.78 Å². The van der Waals surface area contributed by atoms with Crippen molar-refractivity contribution in [2.75, 3.05) is 19.8 Å². The SMILES string of the molecule is NCC1(c2cc3c(cc2C(F)F)OCCCO3)CCCC1. The second kappa shape index (κ2) is 5.79. The molecule has 1 aliphatic carbocycles. The third-order valence-electron chi connectivity index (χ3n) is 4.68. The highest BCUT2D eigenvalue weighted by Crippen LogP contribution is 2.47. The van der Waals surface area contributed by atoms with Crippen molar-refractivity contribution in [2.24, 2.45) is 5.73 Å². The van der Waals surface area contributed by atoms with E-state index < -0.39 is 6.43 Å². The molecule has 3 nitrogen and oxygen atoms in total. The number of hydrogen-bond donors (Lipinski definition) is 1. The highest BCUT2D eigenvalue weighted by molar-refractivity contribution is 5.51. The van der Waals surface area contributed by atoms with Gasteiger partial charge in [-0.2, -0.15) is 0 Å². The van der Waals surface area contributed by atoms with Crippen molar-refractivity contribution < 1.29 is 18.3 Å². The van der Waals surface area contributed by atoms with Gasteiger partial charge in [0, 0.05) is 23.9 Å². The van der Waals surface area contributed by atoms with Crippen LogP contribution in [-0.2, 0) is 5.41 Å². The molecule has 0 spiro atoms. The lowest BCUT2D eigenvalue weighted by atomic mass is 9.76. The van der Waals surface area contributed by atoms with E-state index in [1.54, 1.807) is 6.07 Å². The van der Waals surface area contributed by atoms with E-state index in [0.29, 0.717) is 36.8 Å². The minimum Gasteiger partial charge on any atom is -0.490 e. The smallest absolute Gasteiger partial charge is 0.264 e. The molecule has 1 aliphatic heterocycles. The van der Waals surface area contributed by atoms with Gasteiger partial charge in [0.1, 0.15) is 0 Å². The van der Waals surface area contributed by atoms with Crippen LogP contribution in [0, 0.1) is 0 Å². The van der Waals surface area contributed by atoms with Gasteiger partial charge < -0.3 is 15.2 Å². The van der Waals surface area contributed by atoms with Crippen LogP contribution in [0.5, 0.6) is 11.5 Å². The molecule has 0 bridgehead atoms. The van der Waals surface area contributed by atoms with E-state index in [1.165, 1.54) is 6.07 Å². The second-order valence-corrected chi connectivity index (χ2v) is 5.93. The van der Waals surface area contributed by atoms with Gasteiger partial charge in [-0.15, -0.1) is 0 Å². The number of alkyl halides is 2. The first kappa shape index (κ1) is 14.6. The zero-order valence-electron chi connectivity index (χ0n) is 12.0. The molecule has 0 aromatic heterocycles. The molecule has 0 atom stereocenters. The van der Waals surface area contributed by atoms with Crippen molar-refractivity contribution in [1.82, 2.24) is 0 Å². The molecule has 2 N–H and O–H groups in total. The first-order valence-electron chi connectivity index (χ1n) is 7.58. The van der Waals surface area contributed by atoms with Crippen LogP contribution in [0.2, 0.25) is 0 Å². The third kappa shape index (κ3) is 2.59. The maximum absolute atomic E-state index is 13.5. The Balaban J connectivity index is 2.11. The molecular weight excluding hydrogens is 276 g/mol. The van der Waals surface area contributed by atoms with Crippen LogP contribution in [-0.4, -0.2) is 19.8 Å². The molecule has 0 unspecified atom stereocenters. The van der Waals surface area contributed by atoms with E-state index in [9.17, 15) is 8.78 Å². The van der Waals surface area contributed by atoms with Crippen molar-refractivity contribution in [1.29, 1.82) is 0 Å². The van der Waals surface area contributed by atoms with E-state index in [4.69, 9.17) is 15.2 Å². The molecule has 0 saturated heterocycles. The second-order valence-electron chi connectivity index (χ2n) is 5.93. The van der Waals surface area contributed by atoms with Crippen LogP contribution in [0.1, 0.15) is 49.7 Å². The summed E-state index contributed by atoms with van der Waals surface area (Å²) in [7, 11) is 0. The van der Waals surface area contributed by atoms with Gasteiger partial charge in [0.25, 0.3) is 6.43 Å². The summed E-state index contributed by atoms with van der Waals surface area (Å²) in [6.07, 6.45) is 2.03. The Kier molecular flexibility index (Phi) is 4.02. The van der Waals surface area contributed by atoms with Gasteiger partial charge in [0.15, 0.2) is 11.5 Å². The van der Waals surface area contributed by atoms with E-state index in [0.717, 1.165) is 32.1 Å². The molecule has 0 radical (unpaired) electrons. The molecule has 1 saturated carbocycles. The Hall–Kier alpha value is -1.36. The molecule has 116 valence electrons. The molecule has 1 aromatic carbocycles. The number of hydrogen-bond acceptors (Lipinski definition) is 3. The molecular formula is C16H21F2NO2. The largest absolute Gasteiger partial charge is 0.490 e. The normalized spacial score (nSPS) is 20.6. The van der Waals surface area contributed by atoms with Crippen molar-refractivity contribution in [3.8, 4) is 11.5 Å². The van der Waals surface area contributed by atoms with Gasteiger partial charge in [-0.05, 0) is 30.5 Å². The summed E-state index contributed by atoms with van der Waals surface area (Å²) in [5.41, 5.74) is 6.33. The van der Waals surface area contributed by atoms with Crippen LogP contribution < -0.4 is 15.2 Å². The Labute approximate surface area is 123 Å². The molecule has 3 rings (SSSR count). The fraction of sp³-hybridized carbons (Fsp3) is 0.625. The van der Waals surface area contributed by atoms with E-state index in [2.05, 4.69) is 0 Å². The minimum atomic E-state index is -2.53. The predicted molar refractivity (Wildman–Crippen MR) is 76.2 cm³/mol. The summed E-state index contributed by atoms with van der Waals surface area (Å²) in [4.78, 5) is 0. The van der Waals surface area contributed by atoms with Crippen LogP contribution in [0.15, 0.2) is 12.1 Å². The average molecular weight is 297 g/mol. The monoisotopic (exact) mass is 297 g/mol. The lowest BCUT2D eigenvalue weighted by molar-refractivity contribution is 0.147. The maximum Gasteiger partial charge on any atom is 0.264 e. The van der Waals surface area contributed by atoms with Crippen molar-refractivity contribution in [3.63, 3.8) is 0 Å². The average Bonchev–Trinajstić information content (AvgIpc) is 2.86. The highest BCUT2D eigenvalue weighted by Gasteiger charge is 2.38. The summed E-state index contributed by atoms with van der Waals surface area (Å²) in [5.74, 6) is 1.00. The molecule has 1 aromatic rings. The van der Waals surface area contributed by atoms with Crippen LogP contribution in [0.3, 0.4) is 0 Å². The maximum atomic E-state index is 13.5. The predicted octanol–water partition coefficient (Wildman–Crippen LogP) is 3.56. The lowest BCUT2D eigenvalue weighted by Crippen LogP contribution is -2.33.